The monoisotopic (exact) mass is 319 g/mol. The predicted octanol–water partition coefficient (Wildman–Crippen LogP) is 3.97. The Kier molecular flexibility index (Phi) is 3.01. The minimum absolute atomic E-state index is 0.906. The Bertz CT molecular complexity index is 670. The van der Waals surface area contributed by atoms with Crippen LogP contribution in [0.4, 0.5) is 0 Å². The topological polar surface area (TPSA) is 30.7 Å². The van der Waals surface area contributed by atoms with Gasteiger partial charge in [-0.15, -0.1) is 11.3 Å². The largest absolute Gasteiger partial charge is 0.332 e. The molecule has 5 heteroatoms. The molecule has 0 unspecified atom stereocenters. The van der Waals surface area contributed by atoms with E-state index in [1.54, 1.807) is 17.5 Å². The number of benzene rings is 1. The molecule has 1 aromatic carbocycles. The van der Waals surface area contributed by atoms with E-state index in [1.807, 2.05) is 29.9 Å². The normalized spacial score (nSPS) is 10.8. The number of nitrogens with zero attached hydrogens (tertiary/aromatic N) is 3. The molecular weight excluding hydrogens is 310 g/mol. The zero-order chi connectivity index (χ0) is 12.5. The van der Waals surface area contributed by atoms with E-state index < -0.39 is 0 Å². The Morgan fingerprint density at radius 2 is 2.00 bits per heavy atom. The van der Waals surface area contributed by atoms with Gasteiger partial charge in [-0.05, 0) is 12.1 Å². The maximum Gasteiger partial charge on any atom is 0.168 e. The van der Waals surface area contributed by atoms with Crippen LogP contribution in [-0.4, -0.2) is 14.5 Å². The lowest BCUT2D eigenvalue weighted by Gasteiger charge is -1.97. The number of halogens is 1. The molecule has 90 valence electrons. The molecule has 3 aromatic rings. The van der Waals surface area contributed by atoms with E-state index >= 15 is 0 Å². The summed E-state index contributed by atoms with van der Waals surface area (Å²) in [6.45, 7) is 0. The third-order valence-corrected chi connectivity index (χ3v) is 4.02. The molecule has 3 nitrogen and oxygen atoms in total. The maximum atomic E-state index is 4.63. The van der Waals surface area contributed by atoms with Crippen LogP contribution in [-0.2, 0) is 7.05 Å². The lowest BCUT2D eigenvalue weighted by atomic mass is 10.2. The smallest absolute Gasteiger partial charge is 0.168 e. The Morgan fingerprint density at radius 3 is 2.67 bits per heavy atom. The number of thiazole rings is 1. The highest BCUT2D eigenvalue weighted by Gasteiger charge is 2.09. The van der Waals surface area contributed by atoms with Crippen molar-refractivity contribution in [2.75, 3.05) is 0 Å². The van der Waals surface area contributed by atoms with Gasteiger partial charge in [0, 0.05) is 34.9 Å². The van der Waals surface area contributed by atoms with Gasteiger partial charge in [0.25, 0.3) is 0 Å². The summed E-state index contributed by atoms with van der Waals surface area (Å²) in [5.74, 6) is 0.906. The van der Waals surface area contributed by atoms with E-state index in [2.05, 4.69) is 43.4 Å². The highest BCUT2D eigenvalue weighted by Crippen LogP contribution is 2.28. The quantitative estimate of drug-likeness (QED) is 0.715. The fourth-order valence-corrected chi connectivity index (χ4v) is 2.83. The van der Waals surface area contributed by atoms with Crippen LogP contribution < -0.4 is 0 Å². The van der Waals surface area contributed by atoms with Gasteiger partial charge in [-0.25, -0.2) is 9.97 Å². The Labute approximate surface area is 117 Å². The number of aryl methyl sites for hydroxylation is 1. The summed E-state index contributed by atoms with van der Waals surface area (Å²) in [6, 6.07) is 8.16. The van der Waals surface area contributed by atoms with Crippen molar-refractivity contribution in [1.82, 2.24) is 14.5 Å². The lowest BCUT2D eigenvalue weighted by molar-refractivity contribution is 0.923. The first-order valence-electron chi connectivity index (χ1n) is 5.43. The van der Waals surface area contributed by atoms with Crippen molar-refractivity contribution in [2.45, 2.75) is 0 Å². The van der Waals surface area contributed by atoms with Gasteiger partial charge < -0.3 is 4.57 Å². The summed E-state index contributed by atoms with van der Waals surface area (Å²) >= 11 is 5.05. The van der Waals surface area contributed by atoms with Gasteiger partial charge >= 0.3 is 0 Å². The molecule has 18 heavy (non-hydrogen) atoms. The zero-order valence-electron chi connectivity index (χ0n) is 9.67. The molecule has 3 rings (SSSR count). The van der Waals surface area contributed by atoms with Crippen molar-refractivity contribution in [2.24, 2.45) is 7.05 Å². The van der Waals surface area contributed by atoms with Crippen molar-refractivity contribution in [3.05, 3.63) is 46.5 Å². The van der Waals surface area contributed by atoms with Crippen molar-refractivity contribution in [1.29, 1.82) is 0 Å². The van der Waals surface area contributed by atoms with Gasteiger partial charge in [0.2, 0.25) is 0 Å². The number of rotatable bonds is 2. The number of imidazole rings is 1. The standard InChI is InChI=1S/C13H10BrN3S/c1-17-7-6-15-12(17)13-16-11(8-18-13)9-2-4-10(14)5-3-9/h2-8H,1H3. The Balaban J connectivity index is 1.99. The van der Waals surface area contributed by atoms with Gasteiger partial charge in [-0.1, -0.05) is 28.1 Å². The van der Waals surface area contributed by atoms with Crippen LogP contribution in [0.5, 0.6) is 0 Å². The average molecular weight is 320 g/mol. The first-order valence-corrected chi connectivity index (χ1v) is 7.10. The second kappa shape index (κ2) is 4.66. The molecule has 0 aliphatic carbocycles. The van der Waals surface area contributed by atoms with Gasteiger partial charge in [0.1, 0.15) is 0 Å². The molecule has 0 N–H and O–H groups in total. The van der Waals surface area contributed by atoms with E-state index in [0.717, 1.165) is 26.6 Å². The Morgan fingerprint density at radius 1 is 1.22 bits per heavy atom. The zero-order valence-corrected chi connectivity index (χ0v) is 12.1. The van der Waals surface area contributed by atoms with E-state index in [9.17, 15) is 0 Å². The van der Waals surface area contributed by atoms with Crippen LogP contribution >= 0.6 is 27.3 Å². The van der Waals surface area contributed by atoms with Crippen LogP contribution in [0.3, 0.4) is 0 Å². The van der Waals surface area contributed by atoms with E-state index in [1.165, 1.54) is 0 Å². The summed E-state index contributed by atoms with van der Waals surface area (Å²) in [5, 5.41) is 3.01. The highest BCUT2D eigenvalue weighted by molar-refractivity contribution is 9.10. The van der Waals surface area contributed by atoms with Gasteiger partial charge in [0.05, 0.1) is 5.69 Å². The molecule has 0 amide bonds. The fraction of sp³-hybridized carbons (Fsp3) is 0.0769. The van der Waals surface area contributed by atoms with Crippen molar-refractivity contribution in [3.8, 4) is 22.1 Å². The molecule has 2 heterocycles. The minimum atomic E-state index is 0.906. The van der Waals surface area contributed by atoms with Gasteiger partial charge in [0.15, 0.2) is 10.8 Å². The summed E-state index contributed by atoms with van der Waals surface area (Å²) < 4.78 is 3.05. The first kappa shape index (κ1) is 11.6. The molecule has 0 fully saturated rings. The summed E-state index contributed by atoms with van der Waals surface area (Å²) in [7, 11) is 1.98. The Hall–Kier alpha value is -1.46. The van der Waals surface area contributed by atoms with Crippen LogP contribution in [0.2, 0.25) is 0 Å². The SMILES string of the molecule is Cn1ccnc1-c1nc(-c2ccc(Br)cc2)cs1. The van der Waals surface area contributed by atoms with Crippen LogP contribution in [0, 0.1) is 0 Å². The van der Waals surface area contributed by atoms with E-state index in [0.29, 0.717) is 0 Å². The van der Waals surface area contributed by atoms with E-state index in [4.69, 9.17) is 0 Å². The fourth-order valence-electron chi connectivity index (χ4n) is 1.70. The van der Waals surface area contributed by atoms with E-state index in [-0.39, 0.29) is 0 Å². The second-order valence-corrected chi connectivity index (χ2v) is 5.68. The number of hydrogen-bond donors (Lipinski definition) is 0. The lowest BCUT2D eigenvalue weighted by Crippen LogP contribution is -1.90. The van der Waals surface area contributed by atoms with Gasteiger partial charge in [-0.2, -0.15) is 0 Å². The van der Waals surface area contributed by atoms with Crippen LogP contribution in [0.25, 0.3) is 22.1 Å². The highest BCUT2D eigenvalue weighted by atomic mass is 79.9. The number of aromatic nitrogens is 3. The molecule has 0 saturated heterocycles. The first-order chi connectivity index (χ1) is 8.74. The molecule has 2 aromatic heterocycles. The molecule has 0 aliphatic rings. The second-order valence-electron chi connectivity index (χ2n) is 3.91. The predicted molar refractivity (Wildman–Crippen MR) is 77.5 cm³/mol. The summed E-state index contributed by atoms with van der Waals surface area (Å²) in [4.78, 5) is 8.94. The average Bonchev–Trinajstić information content (AvgIpc) is 2.98. The molecule has 0 spiro atoms. The maximum absolute atomic E-state index is 4.63. The van der Waals surface area contributed by atoms with Crippen molar-refractivity contribution >= 4 is 27.3 Å². The molecule has 0 bridgehead atoms. The molecule has 0 atom stereocenters. The van der Waals surface area contributed by atoms with Crippen molar-refractivity contribution in [3.63, 3.8) is 0 Å². The summed E-state index contributed by atoms with van der Waals surface area (Å²) in [5.41, 5.74) is 2.11. The third kappa shape index (κ3) is 2.11. The molecule has 0 radical (unpaired) electrons. The molecule has 0 aliphatic heterocycles. The van der Waals surface area contributed by atoms with Crippen LogP contribution in [0.1, 0.15) is 0 Å². The number of hydrogen-bond acceptors (Lipinski definition) is 3. The third-order valence-electron chi connectivity index (χ3n) is 2.66. The minimum Gasteiger partial charge on any atom is -0.332 e. The van der Waals surface area contributed by atoms with Crippen LogP contribution in [0.15, 0.2) is 46.5 Å². The van der Waals surface area contributed by atoms with Gasteiger partial charge in [-0.3, -0.25) is 0 Å². The molecule has 0 saturated carbocycles. The molecular formula is C13H10BrN3S. The van der Waals surface area contributed by atoms with Crippen molar-refractivity contribution < 1.29 is 0 Å². The summed E-state index contributed by atoms with van der Waals surface area (Å²) in [6.07, 6.45) is 3.71.